The average molecular weight is 805 g/mol. The molecule has 3 aromatic carbocycles. The highest BCUT2D eigenvalue weighted by atomic mass is 16.5. The number of fused-ring (bicyclic) bond motifs is 1. The molecule has 2 aliphatic rings. The molecule has 2 saturated heterocycles. The Hall–Kier alpha value is -6.22. The Labute approximate surface area is 342 Å². The lowest BCUT2D eigenvalue weighted by Gasteiger charge is -2.30. The average Bonchev–Trinajstić information content (AvgIpc) is 4.08. The van der Waals surface area contributed by atoms with Crippen LogP contribution in [-0.4, -0.2) is 104 Å². The van der Waals surface area contributed by atoms with E-state index < -0.39 is 36.4 Å². The van der Waals surface area contributed by atoms with Gasteiger partial charge >= 0.3 is 12.2 Å². The highest BCUT2D eigenvalue weighted by Crippen LogP contribution is 2.36. The van der Waals surface area contributed by atoms with E-state index in [2.05, 4.69) is 85.2 Å². The molecule has 0 radical (unpaired) electrons. The minimum atomic E-state index is -0.811. The van der Waals surface area contributed by atoms with Gasteiger partial charge in [0.15, 0.2) is 0 Å². The predicted octanol–water partition coefficient (Wildman–Crippen LogP) is 6.35. The number of imidazole rings is 2. The van der Waals surface area contributed by atoms with Crippen LogP contribution in [0.15, 0.2) is 73.1 Å². The van der Waals surface area contributed by atoms with Gasteiger partial charge in [-0.25, -0.2) is 19.6 Å². The molecule has 15 nitrogen and oxygen atoms in total. The number of benzene rings is 3. The number of nitrogens with one attached hydrogen (secondary N) is 4. The maximum atomic E-state index is 13.6. The summed E-state index contributed by atoms with van der Waals surface area (Å²) >= 11 is 0. The first-order valence-corrected chi connectivity index (χ1v) is 20.1. The van der Waals surface area contributed by atoms with Gasteiger partial charge in [0.05, 0.1) is 56.2 Å². The summed E-state index contributed by atoms with van der Waals surface area (Å²) in [5.41, 5.74) is 5.66. The quantitative estimate of drug-likeness (QED) is 0.101. The molecule has 2 aliphatic heterocycles. The summed E-state index contributed by atoms with van der Waals surface area (Å²) < 4.78 is 9.50. The number of nitrogens with zero attached hydrogens (tertiary/aromatic N) is 4. The Morgan fingerprint density at radius 2 is 1.19 bits per heavy atom. The van der Waals surface area contributed by atoms with Crippen LogP contribution in [0.1, 0.15) is 70.7 Å². The Bertz CT molecular complexity index is 2320. The lowest BCUT2D eigenvalue weighted by Crippen LogP contribution is -2.51. The molecule has 0 saturated carbocycles. The summed E-state index contributed by atoms with van der Waals surface area (Å²) in [6.07, 6.45) is 3.45. The molecule has 5 unspecified atom stereocenters. The molecule has 2 aromatic heterocycles. The van der Waals surface area contributed by atoms with Crippen molar-refractivity contribution in [3.8, 4) is 33.6 Å². The van der Waals surface area contributed by atoms with Crippen LogP contribution in [0, 0.1) is 11.8 Å². The number of hydrogen-bond acceptors (Lipinski definition) is 9. The standard InChI is InChI=1S/C44H52N8O7/c1-24(2)37(49-43(56)58-5)41(54)51-17-7-8-35(51)39-45-21-33(47-39)27-11-9-26(10-12-27)28-13-14-30-19-31(16-15-29(30)18-28)34-22-46-40(48-34)36-20-32(53)23-52(36)42(55)38(25(3)4)50-44(57)59-6/h9-16,18-19,21-22,24-25,32,35-38,53H,7-8,17,20,23H2,1-6H3,(H,45,47)(H,46,48)(H,49,56)(H,50,57). The normalized spacial score (nSPS) is 19.0. The van der Waals surface area contributed by atoms with E-state index in [1.54, 1.807) is 22.2 Å². The maximum Gasteiger partial charge on any atom is 0.407 e. The third-order valence-corrected chi connectivity index (χ3v) is 11.4. The minimum absolute atomic E-state index is 0.111. The van der Waals surface area contributed by atoms with Crippen molar-refractivity contribution in [1.82, 2.24) is 40.4 Å². The Balaban J connectivity index is 1.03. The first-order chi connectivity index (χ1) is 28.3. The molecule has 0 bridgehead atoms. The minimum Gasteiger partial charge on any atom is -0.453 e. The molecule has 5 atom stereocenters. The van der Waals surface area contributed by atoms with Gasteiger partial charge in [0.2, 0.25) is 11.8 Å². The van der Waals surface area contributed by atoms with Gasteiger partial charge in [-0.15, -0.1) is 0 Å². The van der Waals surface area contributed by atoms with E-state index in [0.29, 0.717) is 18.8 Å². The van der Waals surface area contributed by atoms with E-state index in [0.717, 1.165) is 63.1 Å². The number of aliphatic hydroxyl groups excluding tert-OH is 1. The summed E-state index contributed by atoms with van der Waals surface area (Å²) in [6, 6.07) is 18.6. The van der Waals surface area contributed by atoms with Crippen molar-refractivity contribution in [3.05, 3.63) is 84.7 Å². The summed E-state index contributed by atoms with van der Waals surface area (Å²) in [6.45, 7) is 8.21. The zero-order valence-corrected chi connectivity index (χ0v) is 34.2. The lowest BCUT2D eigenvalue weighted by atomic mass is 9.98. The third kappa shape index (κ3) is 8.65. The second-order valence-electron chi connectivity index (χ2n) is 16.0. The van der Waals surface area contributed by atoms with Crippen molar-refractivity contribution in [2.45, 2.75) is 77.2 Å². The van der Waals surface area contributed by atoms with Crippen molar-refractivity contribution < 1.29 is 33.8 Å². The third-order valence-electron chi connectivity index (χ3n) is 11.4. The molecule has 0 spiro atoms. The molecule has 59 heavy (non-hydrogen) atoms. The van der Waals surface area contributed by atoms with Crippen LogP contribution in [-0.2, 0) is 19.1 Å². The molecule has 0 aliphatic carbocycles. The van der Waals surface area contributed by atoms with Crippen LogP contribution >= 0.6 is 0 Å². The summed E-state index contributed by atoms with van der Waals surface area (Å²) in [7, 11) is 2.54. The van der Waals surface area contributed by atoms with E-state index in [-0.39, 0.29) is 36.2 Å². The number of aliphatic hydroxyl groups is 1. The predicted molar refractivity (Wildman–Crippen MR) is 222 cm³/mol. The van der Waals surface area contributed by atoms with E-state index in [1.165, 1.54) is 14.2 Å². The summed E-state index contributed by atoms with van der Waals surface area (Å²) in [5.74, 6) is 0.530. The van der Waals surface area contributed by atoms with Gasteiger partial charge in [0.25, 0.3) is 0 Å². The fraction of sp³-hybridized carbons (Fsp3) is 0.409. The smallest absolute Gasteiger partial charge is 0.407 e. The number of aromatic amines is 2. The molecule has 5 aromatic rings. The number of hydrogen-bond donors (Lipinski definition) is 5. The number of methoxy groups -OCH3 is 2. The zero-order chi connectivity index (χ0) is 42.0. The Morgan fingerprint density at radius 3 is 1.76 bits per heavy atom. The topological polar surface area (TPSA) is 195 Å². The van der Waals surface area contributed by atoms with Crippen molar-refractivity contribution in [2.75, 3.05) is 27.3 Å². The van der Waals surface area contributed by atoms with E-state index in [9.17, 15) is 24.3 Å². The first-order valence-electron chi connectivity index (χ1n) is 20.1. The summed E-state index contributed by atoms with van der Waals surface area (Å²) in [5, 5.41) is 18.0. The Morgan fingerprint density at radius 1 is 0.695 bits per heavy atom. The molecule has 7 rings (SSSR count). The van der Waals surface area contributed by atoms with Crippen LogP contribution in [0.3, 0.4) is 0 Å². The van der Waals surface area contributed by atoms with Crippen LogP contribution in [0.25, 0.3) is 44.4 Å². The van der Waals surface area contributed by atoms with Crippen LogP contribution in [0.4, 0.5) is 9.59 Å². The SMILES string of the molecule is COC(=O)NC(C(=O)N1CCCC1c1ncc(-c2ccc(-c3ccc4cc(-c5cnc(C6CC(O)CN6C(=O)C(NC(=O)OC)C(C)C)[nH]5)ccc4c3)cc2)[nH]1)C(C)C. The molecule has 310 valence electrons. The van der Waals surface area contributed by atoms with Gasteiger partial charge in [-0.1, -0.05) is 76.2 Å². The molecular weight excluding hydrogens is 753 g/mol. The first kappa shape index (κ1) is 41.0. The maximum absolute atomic E-state index is 13.6. The monoisotopic (exact) mass is 804 g/mol. The summed E-state index contributed by atoms with van der Waals surface area (Å²) in [4.78, 5) is 70.7. The van der Waals surface area contributed by atoms with Crippen molar-refractivity contribution in [1.29, 1.82) is 0 Å². The molecule has 5 N–H and O–H groups in total. The number of rotatable bonds is 11. The number of aromatic nitrogens is 4. The lowest BCUT2D eigenvalue weighted by molar-refractivity contribution is -0.136. The highest BCUT2D eigenvalue weighted by Gasteiger charge is 2.41. The zero-order valence-electron chi connectivity index (χ0n) is 34.2. The second kappa shape index (κ2) is 17.3. The number of carbonyl (C=O) groups is 4. The number of likely N-dealkylation sites (tertiary alicyclic amines) is 2. The highest BCUT2D eigenvalue weighted by molar-refractivity contribution is 5.91. The largest absolute Gasteiger partial charge is 0.453 e. The van der Waals surface area contributed by atoms with E-state index >= 15 is 0 Å². The molecule has 15 heteroatoms. The van der Waals surface area contributed by atoms with E-state index in [4.69, 9.17) is 9.47 Å². The van der Waals surface area contributed by atoms with Gasteiger partial charge in [-0.3, -0.25) is 9.59 Å². The molecule has 2 fully saturated rings. The van der Waals surface area contributed by atoms with Gasteiger partial charge in [0.1, 0.15) is 23.7 Å². The van der Waals surface area contributed by atoms with Crippen LogP contribution < -0.4 is 10.6 Å². The fourth-order valence-electron chi connectivity index (χ4n) is 8.13. The van der Waals surface area contributed by atoms with E-state index in [1.807, 2.05) is 33.8 Å². The number of ether oxygens (including phenoxy) is 2. The number of β-amino-alcohol motifs (C(OH)–C–C–N with tert-alkyl or cyclic N) is 1. The van der Waals surface area contributed by atoms with Gasteiger partial charge in [-0.05, 0) is 64.3 Å². The number of carbonyl (C=O) groups excluding carboxylic acids is 4. The van der Waals surface area contributed by atoms with Gasteiger partial charge < -0.3 is 45.0 Å². The number of amides is 4. The van der Waals surface area contributed by atoms with Crippen LogP contribution in [0.5, 0.6) is 0 Å². The van der Waals surface area contributed by atoms with Crippen molar-refractivity contribution in [3.63, 3.8) is 0 Å². The van der Waals surface area contributed by atoms with Crippen LogP contribution in [0.2, 0.25) is 0 Å². The fourth-order valence-corrected chi connectivity index (χ4v) is 8.13. The second-order valence-corrected chi connectivity index (χ2v) is 16.0. The van der Waals surface area contributed by atoms with Gasteiger partial charge in [-0.2, -0.15) is 0 Å². The van der Waals surface area contributed by atoms with Crippen molar-refractivity contribution >= 4 is 34.8 Å². The van der Waals surface area contributed by atoms with Crippen molar-refractivity contribution in [2.24, 2.45) is 11.8 Å². The molecule has 4 amide bonds. The Kier molecular flexibility index (Phi) is 12.0. The number of H-pyrrole nitrogens is 2. The molecular formula is C44H52N8O7. The molecule has 4 heterocycles. The number of alkyl carbamates (subject to hydrolysis) is 2. The van der Waals surface area contributed by atoms with Gasteiger partial charge in [0, 0.05) is 25.1 Å².